The van der Waals surface area contributed by atoms with Crippen LogP contribution >= 0.6 is 11.8 Å². The van der Waals surface area contributed by atoms with Gasteiger partial charge in [0.05, 0.1) is 12.5 Å². The smallest absolute Gasteiger partial charge is 0.0950 e. The van der Waals surface area contributed by atoms with Crippen molar-refractivity contribution >= 4 is 11.8 Å². The summed E-state index contributed by atoms with van der Waals surface area (Å²) in [5.41, 5.74) is 1.25. The van der Waals surface area contributed by atoms with E-state index in [9.17, 15) is 0 Å². The normalized spacial score (nSPS) is 20.9. The Morgan fingerprint density at radius 2 is 2.29 bits per heavy atom. The summed E-state index contributed by atoms with van der Waals surface area (Å²) in [6.07, 6.45) is 6.17. The van der Waals surface area contributed by atoms with Gasteiger partial charge in [-0.25, -0.2) is 0 Å². The lowest BCUT2D eigenvalue weighted by Crippen LogP contribution is -2.34. The van der Waals surface area contributed by atoms with Gasteiger partial charge < -0.3 is 9.73 Å². The predicted molar refractivity (Wildman–Crippen MR) is 60.6 cm³/mol. The average molecular weight is 211 g/mol. The van der Waals surface area contributed by atoms with E-state index < -0.39 is 0 Å². The first-order chi connectivity index (χ1) is 6.86. The number of hydrogen-bond donors (Lipinski definition) is 1. The zero-order valence-corrected chi connectivity index (χ0v) is 9.35. The molecule has 2 nitrogen and oxygen atoms in total. The molecule has 14 heavy (non-hydrogen) atoms. The third-order valence-corrected chi connectivity index (χ3v) is 3.80. The highest BCUT2D eigenvalue weighted by atomic mass is 32.2. The van der Waals surface area contributed by atoms with E-state index in [0.29, 0.717) is 12.1 Å². The summed E-state index contributed by atoms with van der Waals surface area (Å²) < 4.78 is 5.08. The molecule has 0 spiro atoms. The van der Waals surface area contributed by atoms with Crippen LogP contribution in [0.4, 0.5) is 0 Å². The SMILES string of the molecule is CC(NC1CCSCC1)c1ccoc1. The molecule has 1 unspecified atom stereocenters. The van der Waals surface area contributed by atoms with E-state index in [0.717, 1.165) is 0 Å². The molecule has 1 aromatic heterocycles. The highest BCUT2D eigenvalue weighted by molar-refractivity contribution is 7.99. The van der Waals surface area contributed by atoms with E-state index >= 15 is 0 Å². The van der Waals surface area contributed by atoms with Crippen LogP contribution in [0.3, 0.4) is 0 Å². The van der Waals surface area contributed by atoms with E-state index in [1.807, 2.05) is 12.3 Å². The fraction of sp³-hybridized carbons (Fsp3) is 0.636. The standard InChI is InChI=1S/C11H17NOS/c1-9(10-2-5-13-8-10)12-11-3-6-14-7-4-11/h2,5,8-9,11-12H,3-4,6-7H2,1H3. The van der Waals surface area contributed by atoms with Crippen molar-refractivity contribution in [3.8, 4) is 0 Å². The van der Waals surface area contributed by atoms with Crippen molar-refractivity contribution in [2.45, 2.75) is 31.8 Å². The van der Waals surface area contributed by atoms with Crippen molar-refractivity contribution in [3.63, 3.8) is 0 Å². The van der Waals surface area contributed by atoms with Gasteiger partial charge >= 0.3 is 0 Å². The van der Waals surface area contributed by atoms with Crippen LogP contribution < -0.4 is 5.32 Å². The van der Waals surface area contributed by atoms with Gasteiger partial charge in [0.15, 0.2) is 0 Å². The minimum atomic E-state index is 0.418. The maximum Gasteiger partial charge on any atom is 0.0950 e. The van der Waals surface area contributed by atoms with Crippen LogP contribution in [0.1, 0.15) is 31.4 Å². The summed E-state index contributed by atoms with van der Waals surface area (Å²) >= 11 is 2.06. The molecule has 1 atom stereocenters. The van der Waals surface area contributed by atoms with E-state index in [4.69, 9.17) is 4.42 Å². The Hall–Kier alpha value is -0.410. The highest BCUT2D eigenvalue weighted by Crippen LogP contribution is 2.20. The first-order valence-electron chi connectivity index (χ1n) is 5.22. The molecule has 78 valence electrons. The second-order valence-electron chi connectivity index (χ2n) is 3.83. The summed E-state index contributed by atoms with van der Waals surface area (Å²) in [6, 6.07) is 3.15. The Bertz CT molecular complexity index is 254. The number of rotatable bonds is 3. The Morgan fingerprint density at radius 1 is 1.50 bits per heavy atom. The largest absolute Gasteiger partial charge is 0.472 e. The minimum absolute atomic E-state index is 0.418. The van der Waals surface area contributed by atoms with E-state index in [1.54, 1.807) is 6.26 Å². The monoisotopic (exact) mass is 211 g/mol. The molecule has 1 aliphatic rings. The van der Waals surface area contributed by atoms with Crippen molar-refractivity contribution in [2.75, 3.05) is 11.5 Å². The molecular weight excluding hydrogens is 194 g/mol. The number of furan rings is 1. The summed E-state index contributed by atoms with van der Waals surface area (Å²) in [6.45, 7) is 2.20. The maximum absolute atomic E-state index is 5.08. The van der Waals surface area contributed by atoms with Crippen molar-refractivity contribution in [3.05, 3.63) is 24.2 Å². The van der Waals surface area contributed by atoms with Crippen molar-refractivity contribution in [1.82, 2.24) is 5.32 Å². The molecule has 3 heteroatoms. The molecule has 0 aromatic carbocycles. The molecule has 1 aromatic rings. The number of nitrogens with one attached hydrogen (secondary N) is 1. The lowest BCUT2D eigenvalue weighted by molar-refractivity contribution is 0.428. The fourth-order valence-electron chi connectivity index (χ4n) is 1.84. The summed E-state index contributed by atoms with van der Waals surface area (Å²) in [7, 11) is 0. The molecular formula is C11H17NOS. The first-order valence-corrected chi connectivity index (χ1v) is 6.37. The predicted octanol–water partition coefficient (Wildman–Crippen LogP) is 2.83. The molecule has 1 aliphatic heterocycles. The third kappa shape index (κ3) is 2.55. The van der Waals surface area contributed by atoms with Gasteiger partial charge in [-0.2, -0.15) is 11.8 Å². The maximum atomic E-state index is 5.08. The van der Waals surface area contributed by atoms with Crippen LogP contribution in [0.2, 0.25) is 0 Å². The molecule has 0 bridgehead atoms. The van der Waals surface area contributed by atoms with Crippen LogP contribution in [0.25, 0.3) is 0 Å². The zero-order chi connectivity index (χ0) is 9.80. The van der Waals surface area contributed by atoms with Gasteiger partial charge in [0, 0.05) is 17.6 Å². The second kappa shape index (κ2) is 4.89. The van der Waals surface area contributed by atoms with Crippen LogP contribution in [0.5, 0.6) is 0 Å². The summed E-state index contributed by atoms with van der Waals surface area (Å²) in [4.78, 5) is 0. The van der Waals surface area contributed by atoms with Crippen LogP contribution in [0.15, 0.2) is 23.0 Å². The van der Waals surface area contributed by atoms with E-state index in [-0.39, 0.29) is 0 Å². The zero-order valence-electron chi connectivity index (χ0n) is 8.53. The minimum Gasteiger partial charge on any atom is -0.472 e. The fourth-order valence-corrected chi connectivity index (χ4v) is 2.94. The molecule has 1 N–H and O–H groups in total. The molecule has 2 heterocycles. The third-order valence-electron chi connectivity index (χ3n) is 2.75. The summed E-state index contributed by atoms with van der Waals surface area (Å²) in [5, 5.41) is 3.65. The van der Waals surface area contributed by atoms with Crippen molar-refractivity contribution in [1.29, 1.82) is 0 Å². The molecule has 0 radical (unpaired) electrons. The van der Waals surface area contributed by atoms with Crippen molar-refractivity contribution < 1.29 is 4.42 Å². The Balaban J connectivity index is 1.84. The molecule has 2 rings (SSSR count). The van der Waals surface area contributed by atoms with Crippen LogP contribution in [0, 0.1) is 0 Å². The summed E-state index contributed by atoms with van der Waals surface area (Å²) in [5.74, 6) is 2.60. The highest BCUT2D eigenvalue weighted by Gasteiger charge is 2.16. The Kier molecular flexibility index (Phi) is 3.54. The molecule has 1 fully saturated rings. The van der Waals surface area contributed by atoms with Gasteiger partial charge in [0.2, 0.25) is 0 Å². The van der Waals surface area contributed by atoms with Gasteiger partial charge in [-0.05, 0) is 37.3 Å². The van der Waals surface area contributed by atoms with Gasteiger partial charge in [0.25, 0.3) is 0 Å². The van der Waals surface area contributed by atoms with Gasteiger partial charge in [-0.15, -0.1) is 0 Å². The average Bonchev–Trinajstić information content (AvgIpc) is 2.72. The lowest BCUT2D eigenvalue weighted by Gasteiger charge is -2.25. The Labute approximate surface area is 89.4 Å². The first kappa shape index (κ1) is 10.1. The Morgan fingerprint density at radius 3 is 2.93 bits per heavy atom. The lowest BCUT2D eigenvalue weighted by atomic mass is 10.1. The molecule has 0 saturated carbocycles. The van der Waals surface area contributed by atoms with Gasteiger partial charge in [-0.3, -0.25) is 0 Å². The van der Waals surface area contributed by atoms with Crippen molar-refractivity contribution in [2.24, 2.45) is 0 Å². The van der Waals surface area contributed by atoms with E-state index in [2.05, 4.69) is 24.0 Å². The van der Waals surface area contributed by atoms with Gasteiger partial charge in [0.1, 0.15) is 0 Å². The second-order valence-corrected chi connectivity index (χ2v) is 5.06. The number of hydrogen-bond acceptors (Lipinski definition) is 3. The topological polar surface area (TPSA) is 25.2 Å². The molecule has 0 amide bonds. The number of thioether (sulfide) groups is 1. The molecule has 1 saturated heterocycles. The van der Waals surface area contributed by atoms with Gasteiger partial charge in [-0.1, -0.05) is 0 Å². The van der Waals surface area contributed by atoms with Crippen LogP contribution in [-0.4, -0.2) is 17.5 Å². The quantitative estimate of drug-likeness (QED) is 0.832. The molecule has 0 aliphatic carbocycles. The van der Waals surface area contributed by atoms with E-state index in [1.165, 1.54) is 29.9 Å². The van der Waals surface area contributed by atoms with Crippen LogP contribution in [-0.2, 0) is 0 Å².